The molecular formula is C17H17NO5S. The van der Waals surface area contributed by atoms with E-state index in [0.29, 0.717) is 17.1 Å². The summed E-state index contributed by atoms with van der Waals surface area (Å²) in [6.45, 7) is 0. The number of sulfone groups is 1. The van der Waals surface area contributed by atoms with Gasteiger partial charge in [-0.15, -0.1) is 0 Å². The first-order chi connectivity index (χ1) is 11.4. The van der Waals surface area contributed by atoms with Gasteiger partial charge in [0, 0.05) is 0 Å². The second-order valence-corrected chi connectivity index (χ2v) is 6.68. The van der Waals surface area contributed by atoms with E-state index < -0.39 is 20.6 Å². The summed E-state index contributed by atoms with van der Waals surface area (Å²) in [5.74, 6) is -0.348. The number of ether oxygens (including phenoxy) is 2. The first-order valence-corrected chi connectivity index (χ1v) is 8.42. The van der Waals surface area contributed by atoms with Crippen LogP contribution in [-0.2, 0) is 14.6 Å². The zero-order chi connectivity index (χ0) is 17.7. The van der Waals surface area contributed by atoms with Gasteiger partial charge >= 0.3 is 0 Å². The molecule has 0 aliphatic carbocycles. The monoisotopic (exact) mass is 347 g/mol. The van der Waals surface area contributed by atoms with E-state index in [2.05, 4.69) is 0 Å². The highest BCUT2D eigenvalue weighted by Crippen LogP contribution is 2.32. The zero-order valence-corrected chi connectivity index (χ0v) is 14.0. The number of hydrogen-bond donors (Lipinski definition) is 1. The molecule has 0 aliphatic rings. The SMILES string of the molecule is COc1cccc(OC)c1/C=C(\C(N)=O)S(=O)(=O)c1ccccc1. The molecular weight excluding hydrogens is 330 g/mol. The van der Waals surface area contributed by atoms with Crippen LogP contribution in [-0.4, -0.2) is 28.5 Å². The molecule has 0 fully saturated rings. The molecule has 2 rings (SSSR count). The zero-order valence-electron chi connectivity index (χ0n) is 13.2. The second-order valence-electron chi connectivity index (χ2n) is 4.77. The van der Waals surface area contributed by atoms with Crippen molar-refractivity contribution < 1.29 is 22.7 Å². The first kappa shape index (κ1) is 17.6. The van der Waals surface area contributed by atoms with Crippen LogP contribution >= 0.6 is 0 Å². The van der Waals surface area contributed by atoms with Crippen molar-refractivity contribution in [3.05, 3.63) is 59.0 Å². The van der Waals surface area contributed by atoms with Gasteiger partial charge in [-0.25, -0.2) is 8.42 Å². The number of methoxy groups -OCH3 is 2. The minimum Gasteiger partial charge on any atom is -0.496 e. The van der Waals surface area contributed by atoms with Crippen LogP contribution in [0.2, 0.25) is 0 Å². The molecule has 0 aromatic heterocycles. The van der Waals surface area contributed by atoms with Crippen molar-refractivity contribution in [3.8, 4) is 11.5 Å². The Bertz CT molecular complexity index is 851. The largest absolute Gasteiger partial charge is 0.496 e. The lowest BCUT2D eigenvalue weighted by atomic mass is 10.1. The standard InChI is InChI=1S/C17H17NO5S/c1-22-14-9-6-10-15(23-2)13(14)11-16(17(18)19)24(20,21)12-7-4-3-5-8-12/h3-11H,1-2H3,(H2,18,19)/b16-11+. The van der Waals surface area contributed by atoms with Gasteiger partial charge in [0.15, 0.2) is 0 Å². The Hall–Kier alpha value is -2.80. The van der Waals surface area contributed by atoms with Crippen molar-refractivity contribution in [2.45, 2.75) is 4.90 Å². The van der Waals surface area contributed by atoms with Crippen molar-refractivity contribution in [1.82, 2.24) is 0 Å². The molecule has 2 aromatic carbocycles. The molecule has 0 aliphatic heterocycles. The van der Waals surface area contributed by atoms with Crippen LogP contribution < -0.4 is 15.2 Å². The summed E-state index contributed by atoms with van der Waals surface area (Å²) in [6, 6.07) is 12.5. The second kappa shape index (κ2) is 7.18. The van der Waals surface area contributed by atoms with Gasteiger partial charge < -0.3 is 15.2 Å². The van der Waals surface area contributed by atoms with Gasteiger partial charge in [0.25, 0.3) is 5.91 Å². The normalized spacial score (nSPS) is 11.8. The van der Waals surface area contributed by atoms with Crippen LogP contribution in [0.25, 0.3) is 6.08 Å². The van der Waals surface area contributed by atoms with E-state index in [0.717, 1.165) is 0 Å². The summed E-state index contributed by atoms with van der Waals surface area (Å²) in [7, 11) is -1.21. The van der Waals surface area contributed by atoms with E-state index in [4.69, 9.17) is 15.2 Å². The first-order valence-electron chi connectivity index (χ1n) is 6.94. The Morgan fingerprint density at radius 2 is 1.50 bits per heavy atom. The lowest BCUT2D eigenvalue weighted by Gasteiger charge is -2.12. The van der Waals surface area contributed by atoms with E-state index in [1.807, 2.05) is 0 Å². The average Bonchev–Trinajstić information content (AvgIpc) is 2.59. The molecule has 6 nitrogen and oxygen atoms in total. The molecule has 7 heteroatoms. The number of nitrogens with two attached hydrogens (primary N) is 1. The predicted molar refractivity (Wildman–Crippen MR) is 90.3 cm³/mol. The maximum absolute atomic E-state index is 12.7. The van der Waals surface area contributed by atoms with Gasteiger partial charge in [-0.1, -0.05) is 24.3 Å². The Labute approximate surface area is 140 Å². The molecule has 0 saturated heterocycles. The molecule has 2 aromatic rings. The smallest absolute Gasteiger partial charge is 0.260 e. The number of primary amides is 1. The third-order valence-corrected chi connectivity index (χ3v) is 5.12. The molecule has 0 unspecified atom stereocenters. The van der Waals surface area contributed by atoms with Crippen LogP contribution in [0.4, 0.5) is 0 Å². The summed E-state index contributed by atoms with van der Waals surface area (Å²) < 4.78 is 35.9. The molecule has 0 saturated carbocycles. The summed E-state index contributed by atoms with van der Waals surface area (Å²) in [4.78, 5) is 11.2. The van der Waals surface area contributed by atoms with Crippen molar-refractivity contribution in [1.29, 1.82) is 0 Å². The van der Waals surface area contributed by atoms with Gasteiger partial charge in [-0.2, -0.15) is 0 Å². The number of carbonyl (C=O) groups excluding carboxylic acids is 1. The van der Waals surface area contributed by atoms with Gasteiger partial charge in [0.05, 0.1) is 24.7 Å². The van der Waals surface area contributed by atoms with E-state index in [-0.39, 0.29) is 4.90 Å². The Kier molecular flexibility index (Phi) is 5.25. The molecule has 0 bridgehead atoms. The Morgan fingerprint density at radius 3 is 1.96 bits per heavy atom. The van der Waals surface area contributed by atoms with E-state index >= 15 is 0 Å². The third kappa shape index (κ3) is 3.41. The van der Waals surface area contributed by atoms with E-state index in [9.17, 15) is 13.2 Å². The molecule has 126 valence electrons. The van der Waals surface area contributed by atoms with Crippen LogP contribution in [0.15, 0.2) is 58.3 Å². The van der Waals surface area contributed by atoms with Crippen molar-refractivity contribution in [3.63, 3.8) is 0 Å². The van der Waals surface area contributed by atoms with Gasteiger partial charge in [0.2, 0.25) is 9.84 Å². The molecule has 24 heavy (non-hydrogen) atoms. The van der Waals surface area contributed by atoms with Crippen LogP contribution in [0.3, 0.4) is 0 Å². The summed E-state index contributed by atoms with van der Waals surface area (Å²) >= 11 is 0. The molecule has 0 spiro atoms. The molecule has 0 heterocycles. The number of amides is 1. The quantitative estimate of drug-likeness (QED) is 0.806. The van der Waals surface area contributed by atoms with Gasteiger partial charge in [0.1, 0.15) is 16.4 Å². The summed E-state index contributed by atoms with van der Waals surface area (Å²) in [6.07, 6.45) is 1.17. The fraction of sp³-hybridized carbons (Fsp3) is 0.118. The Balaban J connectivity index is 2.70. The van der Waals surface area contributed by atoms with Crippen molar-refractivity contribution in [2.75, 3.05) is 14.2 Å². The third-order valence-electron chi connectivity index (χ3n) is 3.33. The number of rotatable bonds is 6. The minimum absolute atomic E-state index is 0.0242. The van der Waals surface area contributed by atoms with Crippen LogP contribution in [0.5, 0.6) is 11.5 Å². The van der Waals surface area contributed by atoms with Gasteiger partial charge in [-0.05, 0) is 30.3 Å². The van der Waals surface area contributed by atoms with Crippen LogP contribution in [0.1, 0.15) is 5.56 Å². The lowest BCUT2D eigenvalue weighted by molar-refractivity contribution is -0.113. The minimum atomic E-state index is -4.07. The van der Waals surface area contributed by atoms with Crippen molar-refractivity contribution in [2.24, 2.45) is 5.73 Å². The highest BCUT2D eigenvalue weighted by Gasteiger charge is 2.26. The molecule has 1 amide bonds. The number of benzene rings is 2. The summed E-state index contributed by atoms with van der Waals surface area (Å²) in [5.41, 5.74) is 5.64. The maximum atomic E-state index is 12.7. The predicted octanol–water partition coefficient (Wildman–Crippen LogP) is 2.00. The topological polar surface area (TPSA) is 95.7 Å². The molecule has 2 N–H and O–H groups in total. The average molecular weight is 347 g/mol. The maximum Gasteiger partial charge on any atom is 0.260 e. The fourth-order valence-electron chi connectivity index (χ4n) is 2.16. The van der Waals surface area contributed by atoms with E-state index in [1.165, 1.54) is 32.4 Å². The number of hydrogen-bond acceptors (Lipinski definition) is 5. The van der Waals surface area contributed by atoms with E-state index in [1.54, 1.807) is 36.4 Å². The van der Waals surface area contributed by atoms with Gasteiger partial charge in [-0.3, -0.25) is 4.79 Å². The highest BCUT2D eigenvalue weighted by atomic mass is 32.2. The van der Waals surface area contributed by atoms with Crippen LogP contribution in [0, 0.1) is 0 Å². The summed E-state index contributed by atoms with van der Waals surface area (Å²) in [5, 5.41) is 0. The molecule has 0 atom stereocenters. The highest BCUT2D eigenvalue weighted by molar-refractivity contribution is 7.96. The van der Waals surface area contributed by atoms with Crippen molar-refractivity contribution >= 4 is 21.8 Å². The number of carbonyl (C=O) groups is 1. The fourth-order valence-corrected chi connectivity index (χ4v) is 3.47. The Morgan fingerprint density at radius 1 is 0.958 bits per heavy atom. The molecule has 0 radical (unpaired) electrons. The lowest BCUT2D eigenvalue weighted by Crippen LogP contribution is -2.21.